The summed E-state index contributed by atoms with van der Waals surface area (Å²) in [6, 6.07) is 14.6. The van der Waals surface area contributed by atoms with Gasteiger partial charge in [-0.15, -0.1) is 0 Å². The van der Waals surface area contributed by atoms with Gasteiger partial charge in [-0.1, -0.05) is 30.3 Å². The molecular weight excluding hydrogens is 321 g/mol. The third kappa shape index (κ3) is 3.65. The maximum Gasteiger partial charge on any atom is 0.270 e. The molecule has 0 bridgehead atoms. The Kier molecular flexibility index (Phi) is 4.74. The SMILES string of the molecule is C/C(=N/N)C1=NC(Cc2ccccc2)C(=O)N(c2ccc(F)cc2)N1. The van der Waals surface area contributed by atoms with E-state index in [0.29, 0.717) is 23.7 Å². The normalized spacial score (nSPS) is 17.9. The number of hydrogen-bond acceptors (Lipinski definition) is 5. The lowest BCUT2D eigenvalue weighted by Crippen LogP contribution is -2.57. The van der Waals surface area contributed by atoms with Crippen LogP contribution in [0.2, 0.25) is 0 Å². The first-order valence-corrected chi connectivity index (χ1v) is 7.81. The molecule has 0 saturated heterocycles. The summed E-state index contributed by atoms with van der Waals surface area (Å²) in [6.45, 7) is 1.70. The van der Waals surface area contributed by atoms with Gasteiger partial charge in [-0.2, -0.15) is 5.10 Å². The molecule has 2 aromatic rings. The number of hydrogen-bond donors (Lipinski definition) is 2. The highest BCUT2D eigenvalue weighted by Gasteiger charge is 2.32. The molecular formula is C18H18FN5O. The van der Waals surface area contributed by atoms with Crippen LogP contribution in [-0.4, -0.2) is 23.5 Å². The molecule has 0 fully saturated rings. The van der Waals surface area contributed by atoms with Crippen molar-refractivity contribution in [3.63, 3.8) is 0 Å². The van der Waals surface area contributed by atoms with Crippen LogP contribution in [0.4, 0.5) is 10.1 Å². The molecule has 7 heteroatoms. The fraction of sp³-hybridized carbons (Fsp3) is 0.167. The van der Waals surface area contributed by atoms with Crippen molar-refractivity contribution < 1.29 is 9.18 Å². The summed E-state index contributed by atoms with van der Waals surface area (Å²) >= 11 is 0. The molecule has 1 atom stereocenters. The van der Waals surface area contributed by atoms with Crippen molar-refractivity contribution in [2.45, 2.75) is 19.4 Å². The van der Waals surface area contributed by atoms with E-state index in [0.717, 1.165) is 5.56 Å². The number of hydrazine groups is 1. The van der Waals surface area contributed by atoms with Crippen LogP contribution in [0.1, 0.15) is 12.5 Å². The van der Waals surface area contributed by atoms with E-state index in [-0.39, 0.29) is 11.7 Å². The molecule has 0 saturated carbocycles. The van der Waals surface area contributed by atoms with Crippen molar-refractivity contribution in [3.8, 4) is 0 Å². The number of nitrogens with one attached hydrogen (secondary N) is 1. The number of amidine groups is 1. The zero-order valence-electron chi connectivity index (χ0n) is 13.7. The number of aliphatic imine (C=N–C) groups is 1. The minimum Gasteiger partial charge on any atom is -0.323 e. The summed E-state index contributed by atoms with van der Waals surface area (Å²) in [5.41, 5.74) is 4.88. The van der Waals surface area contributed by atoms with Gasteiger partial charge in [0.25, 0.3) is 5.91 Å². The van der Waals surface area contributed by atoms with Crippen LogP contribution in [0.3, 0.4) is 0 Å². The van der Waals surface area contributed by atoms with E-state index in [1.54, 1.807) is 6.92 Å². The lowest BCUT2D eigenvalue weighted by atomic mass is 10.0. The summed E-state index contributed by atoms with van der Waals surface area (Å²) in [5, 5.41) is 5.00. The minimum absolute atomic E-state index is 0.232. The van der Waals surface area contributed by atoms with Crippen LogP contribution in [0.25, 0.3) is 0 Å². The van der Waals surface area contributed by atoms with Crippen LogP contribution in [0.15, 0.2) is 64.7 Å². The zero-order valence-corrected chi connectivity index (χ0v) is 13.7. The van der Waals surface area contributed by atoms with Gasteiger partial charge in [0.1, 0.15) is 17.6 Å². The molecule has 1 amide bonds. The van der Waals surface area contributed by atoms with Gasteiger partial charge in [0, 0.05) is 6.42 Å². The molecule has 2 aromatic carbocycles. The van der Waals surface area contributed by atoms with Crippen LogP contribution in [-0.2, 0) is 11.2 Å². The van der Waals surface area contributed by atoms with Crippen LogP contribution in [0, 0.1) is 5.82 Å². The van der Waals surface area contributed by atoms with Crippen molar-refractivity contribution in [1.29, 1.82) is 0 Å². The number of amides is 1. The zero-order chi connectivity index (χ0) is 17.8. The smallest absolute Gasteiger partial charge is 0.270 e. The monoisotopic (exact) mass is 339 g/mol. The molecule has 1 aliphatic rings. The van der Waals surface area contributed by atoms with E-state index in [2.05, 4.69) is 15.5 Å². The van der Waals surface area contributed by atoms with E-state index in [9.17, 15) is 9.18 Å². The predicted molar refractivity (Wildman–Crippen MR) is 95.7 cm³/mol. The van der Waals surface area contributed by atoms with Crippen molar-refractivity contribution in [2.75, 3.05) is 5.01 Å². The van der Waals surface area contributed by atoms with Gasteiger partial charge in [-0.05, 0) is 36.8 Å². The molecule has 6 nitrogen and oxygen atoms in total. The fourth-order valence-corrected chi connectivity index (χ4v) is 2.54. The van der Waals surface area contributed by atoms with Gasteiger partial charge in [0.05, 0.1) is 5.69 Å². The second kappa shape index (κ2) is 7.12. The largest absolute Gasteiger partial charge is 0.323 e. The molecule has 1 unspecified atom stereocenters. The molecule has 1 aliphatic heterocycles. The molecule has 0 aromatic heterocycles. The number of halogens is 1. The quantitative estimate of drug-likeness (QED) is 0.508. The molecule has 3 rings (SSSR count). The second-order valence-electron chi connectivity index (χ2n) is 5.66. The molecule has 3 N–H and O–H groups in total. The third-order valence-electron chi connectivity index (χ3n) is 3.90. The molecule has 0 spiro atoms. The van der Waals surface area contributed by atoms with Gasteiger partial charge in [0.2, 0.25) is 0 Å². The molecule has 0 radical (unpaired) electrons. The van der Waals surface area contributed by atoms with Gasteiger partial charge < -0.3 is 5.84 Å². The first-order valence-electron chi connectivity index (χ1n) is 7.81. The highest BCUT2D eigenvalue weighted by atomic mass is 19.1. The Morgan fingerprint density at radius 1 is 1.24 bits per heavy atom. The summed E-state index contributed by atoms with van der Waals surface area (Å²) in [5.74, 6) is 5.16. The van der Waals surface area contributed by atoms with E-state index >= 15 is 0 Å². The van der Waals surface area contributed by atoms with Crippen LogP contribution >= 0.6 is 0 Å². The van der Waals surface area contributed by atoms with Crippen molar-refractivity contribution in [2.24, 2.45) is 15.9 Å². The Hall–Kier alpha value is -3.22. The van der Waals surface area contributed by atoms with Crippen molar-refractivity contribution >= 4 is 23.1 Å². The lowest BCUT2D eigenvalue weighted by Gasteiger charge is -2.32. The molecule has 1 heterocycles. The average Bonchev–Trinajstić information content (AvgIpc) is 2.64. The fourth-order valence-electron chi connectivity index (χ4n) is 2.54. The van der Waals surface area contributed by atoms with Gasteiger partial charge in [-0.3, -0.25) is 15.2 Å². The van der Waals surface area contributed by atoms with Gasteiger partial charge in [-0.25, -0.2) is 9.40 Å². The summed E-state index contributed by atoms with van der Waals surface area (Å²) < 4.78 is 13.2. The summed E-state index contributed by atoms with van der Waals surface area (Å²) in [6.07, 6.45) is 0.445. The summed E-state index contributed by atoms with van der Waals surface area (Å²) in [4.78, 5) is 17.3. The lowest BCUT2D eigenvalue weighted by molar-refractivity contribution is -0.120. The van der Waals surface area contributed by atoms with Crippen LogP contribution in [0.5, 0.6) is 0 Å². The van der Waals surface area contributed by atoms with Gasteiger partial charge >= 0.3 is 0 Å². The topological polar surface area (TPSA) is 83.1 Å². The Labute approximate surface area is 144 Å². The number of carbonyl (C=O) groups excluding carboxylic acids is 1. The van der Waals surface area contributed by atoms with E-state index in [4.69, 9.17) is 5.84 Å². The molecule has 0 aliphatic carbocycles. The number of anilines is 1. The molecule has 128 valence electrons. The van der Waals surface area contributed by atoms with Crippen molar-refractivity contribution in [3.05, 3.63) is 66.0 Å². The summed E-state index contributed by atoms with van der Waals surface area (Å²) in [7, 11) is 0. The number of nitrogens with two attached hydrogens (primary N) is 1. The highest BCUT2D eigenvalue weighted by Crippen LogP contribution is 2.19. The van der Waals surface area contributed by atoms with Crippen molar-refractivity contribution in [1.82, 2.24) is 5.43 Å². The predicted octanol–water partition coefficient (Wildman–Crippen LogP) is 2.02. The number of benzene rings is 2. The number of nitrogens with zero attached hydrogens (tertiary/aromatic N) is 3. The van der Waals surface area contributed by atoms with Gasteiger partial charge in [0.15, 0.2) is 5.84 Å². The van der Waals surface area contributed by atoms with E-state index in [1.165, 1.54) is 29.3 Å². The first kappa shape index (κ1) is 16.6. The maximum absolute atomic E-state index is 13.2. The Balaban J connectivity index is 1.95. The van der Waals surface area contributed by atoms with E-state index in [1.807, 2.05) is 30.3 Å². The second-order valence-corrected chi connectivity index (χ2v) is 5.66. The van der Waals surface area contributed by atoms with Crippen LogP contribution < -0.4 is 16.3 Å². The third-order valence-corrected chi connectivity index (χ3v) is 3.90. The average molecular weight is 339 g/mol. The Morgan fingerprint density at radius 2 is 1.92 bits per heavy atom. The first-order chi connectivity index (χ1) is 12.1. The Bertz CT molecular complexity index is 817. The van der Waals surface area contributed by atoms with E-state index < -0.39 is 6.04 Å². The Morgan fingerprint density at radius 3 is 2.56 bits per heavy atom. The standard InChI is InChI=1S/C18H18FN5O/c1-12(22-20)17-21-16(11-13-5-3-2-4-6-13)18(25)24(23-17)15-9-7-14(19)8-10-15/h2-10,16H,11,20H2,1H3,(H,21,23)/b22-12-. The number of hydrazone groups is 1. The number of carbonyl (C=O) groups is 1. The minimum atomic E-state index is -0.625. The number of rotatable bonds is 4. The highest BCUT2D eigenvalue weighted by molar-refractivity contribution is 6.42. The molecule has 25 heavy (non-hydrogen) atoms. The maximum atomic E-state index is 13.2.